The number of rotatable bonds is 6. The van der Waals surface area contributed by atoms with E-state index < -0.39 is 0 Å². The van der Waals surface area contributed by atoms with Gasteiger partial charge in [0, 0.05) is 63.3 Å². The van der Waals surface area contributed by atoms with E-state index in [1.807, 2.05) is 30.5 Å². The van der Waals surface area contributed by atoms with Crippen molar-refractivity contribution in [1.82, 2.24) is 19.4 Å². The summed E-state index contributed by atoms with van der Waals surface area (Å²) in [5.74, 6) is 2.69. The van der Waals surface area contributed by atoms with Gasteiger partial charge in [-0.3, -0.25) is 4.90 Å². The minimum atomic E-state index is -0.207. The van der Waals surface area contributed by atoms with E-state index in [0.717, 1.165) is 73.5 Å². The highest BCUT2D eigenvalue weighted by molar-refractivity contribution is 5.58. The quantitative estimate of drug-likeness (QED) is 0.596. The molecule has 5 rings (SSSR count). The fourth-order valence-corrected chi connectivity index (χ4v) is 4.55. The number of hydrogen-bond acceptors (Lipinski definition) is 6. The molecule has 1 saturated heterocycles. The summed E-state index contributed by atoms with van der Waals surface area (Å²) in [5, 5.41) is 0. The third kappa shape index (κ3) is 3.94. The molecular formula is C25H31N5O2. The van der Waals surface area contributed by atoms with Crippen molar-refractivity contribution in [2.45, 2.75) is 6.10 Å². The Labute approximate surface area is 189 Å². The van der Waals surface area contributed by atoms with Crippen molar-refractivity contribution in [3.05, 3.63) is 66.1 Å². The molecule has 7 heteroatoms. The van der Waals surface area contributed by atoms with E-state index in [4.69, 9.17) is 14.5 Å². The second kappa shape index (κ2) is 8.84. The summed E-state index contributed by atoms with van der Waals surface area (Å²) in [6.07, 6.45) is 3.77. The third-order valence-corrected chi connectivity index (χ3v) is 6.35. The van der Waals surface area contributed by atoms with Gasteiger partial charge in [0.05, 0.1) is 18.5 Å². The van der Waals surface area contributed by atoms with Gasteiger partial charge in [-0.25, -0.2) is 4.98 Å². The first-order valence-corrected chi connectivity index (χ1v) is 11.2. The molecule has 2 aliphatic rings. The third-order valence-electron chi connectivity index (χ3n) is 6.35. The lowest BCUT2D eigenvalue weighted by Gasteiger charge is -2.38. The normalized spacial score (nSPS) is 18.2. The first-order valence-electron chi connectivity index (χ1n) is 11.2. The van der Waals surface area contributed by atoms with Gasteiger partial charge in [0.2, 0.25) is 0 Å². The Balaban J connectivity index is 1.41. The highest BCUT2D eigenvalue weighted by atomic mass is 16.5. The van der Waals surface area contributed by atoms with Gasteiger partial charge >= 0.3 is 0 Å². The van der Waals surface area contributed by atoms with E-state index in [0.29, 0.717) is 0 Å². The number of hydrogen-bond donors (Lipinski definition) is 0. The first kappa shape index (κ1) is 20.8. The molecule has 0 amide bonds. The van der Waals surface area contributed by atoms with E-state index in [2.05, 4.69) is 57.8 Å². The molecule has 4 heterocycles. The van der Waals surface area contributed by atoms with E-state index in [9.17, 15) is 0 Å². The molecule has 0 radical (unpaired) electrons. The van der Waals surface area contributed by atoms with Crippen LogP contribution in [0.25, 0.3) is 5.69 Å². The topological polar surface area (TPSA) is 46.0 Å². The summed E-state index contributed by atoms with van der Waals surface area (Å²) >= 11 is 0. The molecule has 1 aromatic carbocycles. The number of nitrogens with zero attached hydrogens (tertiary/aromatic N) is 5. The van der Waals surface area contributed by atoms with E-state index in [1.165, 1.54) is 0 Å². The van der Waals surface area contributed by atoms with E-state index in [-0.39, 0.29) is 6.10 Å². The summed E-state index contributed by atoms with van der Waals surface area (Å²) < 4.78 is 14.2. The van der Waals surface area contributed by atoms with Crippen molar-refractivity contribution in [1.29, 1.82) is 0 Å². The second-order valence-electron chi connectivity index (χ2n) is 8.68. The maximum Gasteiger partial charge on any atom is 0.168 e. The van der Waals surface area contributed by atoms with Gasteiger partial charge in [0.25, 0.3) is 0 Å². The van der Waals surface area contributed by atoms with Crippen LogP contribution in [-0.2, 0) is 0 Å². The molecule has 0 bridgehead atoms. The lowest BCUT2D eigenvalue weighted by molar-refractivity contribution is 0.221. The maximum absolute atomic E-state index is 6.56. The summed E-state index contributed by atoms with van der Waals surface area (Å²) in [6, 6.07) is 14.3. The number of methoxy groups -OCH3 is 1. The Morgan fingerprint density at radius 1 is 1.09 bits per heavy atom. The Morgan fingerprint density at radius 2 is 1.94 bits per heavy atom. The second-order valence-corrected chi connectivity index (χ2v) is 8.68. The Kier molecular flexibility index (Phi) is 5.76. The average molecular weight is 434 g/mol. The molecule has 2 aliphatic heterocycles. The summed E-state index contributed by atoms with van der Waals surface area (Å²) in [5.41, 5.74) is 3.21. The van der Waals surface area contributed by atoms with Crippen molar-refractivity contribution in [3.8, 4) is 17.2 Å². The molecule has 0 saturated carbocycles. The number of ether oxygens (including phenoxy) is 2. The van der Waals surface area contributed by atoms with E-state index >= 15 is 0 Å². The number of anilines is 1. The molecule has 0 spiro atoms. The highest BCUT2D eigenvalue weighted by Crippen LogP contribution is 2.42. The minimum absolute atomic E-state index is 0.207. The smallest absolute Gasteiger partial charge is 0.168 e. The van der Waals surface area contributed by atoms with Crippen LogP contribution >= 0.6 is 0 Å². The zero-order valence-corrected chi connectivity index (χ0v) is 19.1. The van der Waals surface area contributed by atoms with Crippen LogP contribution in [0, 0.1) is 0 Å². The SMILES string of the molecule is COc1ccc2c(c1)-n1cccc1C(c1cccnc1N1CCN(CCN(C)C)CC1)O2. The molecule has 0 N–H and O–H groups in total. The van der Waals surface area contributed by atoms with Crippen LogP contribution in [0.5, 0.6) is 11.5 Å². The van der Waals surface area contributed by atoms with Crippen molar-refractivity contribution < 1.29 is 9.47 Å². The van der Waals surface area contributed by atoms with Crippen LogP contribution in [-0.4, -0.2) is 79.8 Å². The van der Waals surface area contributed by atoms with Gasteiger partial charge in [0.1, 0.15) is 17.3 Å². The van der Waals surface area contributed by atoms with Gasteiger partial charge in [-0.1, -0.05) is 0 Å². The van der Waals surface area contributed by atoms with Crippen LogP contribution < -0.4 is 14.4 Å². The average Bonchev–Trinajstić information content (AvgIpc) is 3.33. The van der Waals surface area contributed by atoms with E-state index in [1.54, 1.807) is 7.11 Å². The van der Waals surface area contributed by atoms with Crippen molar-refractivity contribution >= 4 is 5.82 Å². The molecule has 2 aromatic heterocycles. The number of aromatic nitrogens is 2. The van der Waals surface area contributed by atoms with Crippen LogP contribution in [0.4, 0.5) is 5.82 Å². The Bertz CT molecular complexity index is 1070. The molecule has 168 valence electrons. The first-order chi connectivity index (χ1) is 15.6. The number of likely N-dealkylation sites (N-methyl/N-ethyl adjacent to an activating group) is 1. The zero-order valence-electron chi connectivity index (χ0n) is 19.1. The lowest BCUT2D eigenvalue weighted by atomic mass is 10.0. The van der Waals surface area contributed by atoms with Gasteiger partial charge in [-0.2, -0.15) is 0 Å². The van der Waals surface area contributed by atoms with Crippen molar-refractivity contribution in [2.24, 2.45) is 0 Å². The molecule has 3 aromatic rings. The molecule has 1 atom stereocenters. The minimum Gasteiger partial charge on any atom is -0.497 e. The van der Waals surface area contributed by atoms with Crippen LogP contribution in [0.1, 0.15) is 17.4 Å². The number of piperazine rings is 1. The molecule has 0 aliphatic carbocycles. The monoisotopic (exact) mass is 433 g/mol. The predicted molar refractivity (Wildman–Crippen MR) is 126 cm³/mol. The molecule has 32 heavy (non-hydrogen) atoms. The summed E-state index contributed by atoms with van der Waals surface area (Å²) in [6.45, 7) is 6.24. The molecule has 1 unspecified atom stereocenters. The van der Waals surface area contributed by atoms with Gasteiger partial charge < -0.3 is 23.8 Å². The number of benzene rings is 1. The highest BCUT2D eigenvalue weighted by Gasteiger charge is 2.31. The van der Waals surface area contributed by atoms with Crippen LogP contribution in [0.3, 0.4) is 0 Å². The predicted octanol–water partition coefficient (Wildman–Crippen LogP) is 3.05. The molecule has 1 fully saturated rings. The van der Waals surface area contributed by atoms with Gasteiger partial charge in [-0.15, -0.1) is 0 Å². The number of pyridine rings is 1. The fraction of sp³-hybridized carbons (Fsp3) is 0.400. The van der Waals surface area contributed by atoms with Gasteiger partial charge in [0.15, 0.2) is 6.10 Å². The standard InChI is InChI=1S/C25H31N5O2/c1-27(2)12-13-28-14-16-29(17-15-28)25-20(6-4-10-26-25)24-21-7-5-11-30(21)22-18-19(31-3)8-9-23(22)32-24/h4-11,18,24H,12-17H2,1-3H3. The summed E-state index contributed by atoms with van der Waals surface area (Å²) in [4.78, 5) is 12.0. The van der Waals surface area contributed by atoms with Crippen molar-refractivity contribution in [3.63, 3.8) is 0 Å². The van der Waals surface area contributed by atoms with Crippen molar-refractivity contribution in [2.75, 3.05) is 65.4 Å². The summed E-state index contributed by atoms with van der Waals surface area (Å²) in [7, 11) is 5.95. The fourth-order valence-electron chi connectivity index (χ4n) is 4.55. The molecule has 7 nitrogen and oxygen atoms in total. The largest absolute Gasteiger partial charge is 0.497 e. The van der Waals surface area contributed by atoms with Crippen LogP contribution in [0.2, 0.25) is 0 Å². The Morgan fingerprint density at radius 3 is 2.72 bits per heavy atom. The maximum atomic E-state index is 6.56. The lowest BCUT2D eigenvalue weighted by Crippen LogP contribution is -2.48. The number of fused-ring (bicyclic) bond motifs is 3. The zero-order chi connectivity index (χ0) is 22.1. The van der Waals surface area contributed by atoms with Gasteiger partial charge in [-0.05, 0) is 50.5 Å². The Hall–Kier alpha value is -3.03. The molecular weight excluding hydrogens is 402 g/mol. The van der Waals surface area contributed by atoms with Crippen LogP contribution in [0.15, 0.2) is 54.9 Å².